The average Bonchev–Trinajstić information content (AvgIpc) is 2.77. The van der Waals surface area contributed by atoms with Gasteiger partial charge in [-0.1, -0.05) is 12.1 Å². The smallest absolute Gasteiger partial charge is 0.416 e. The second kappa shape index (κ2) is 8.17. The molecule has 0 aliphatic rings. The third-order valence-corrected chi connectivity index (χ3v) is 4.76. The van der Waals surface area contributed by atoms with Gasteiger partial charge in [-0.15, -0.1) is 0 Å². The number of fused-ring (bicyclic) bond motifs is 1. The SMILES string of the molecule is COc1cc(-c2ccc(F)cc2)cc2c(NCc3cnccc3C(F)(F)F)ncnc12. The van der Waals surface area contributed by atoms with Crippen molar-refractivity contribution >= 4 is 16.7 Å². The summed E-state index contributed by atoms with van der Waals surface area (Å²) in [4.78, 5) is 12.2. The molecule has 0 bridgehead atoms. The number of nitrogens with one attached hydrogen (secondary N) is 1. The topological polar surface area (TPSA) is 59.9 Å². The van der Waals surface area contributed by atoms with E-state index in [-0.39, 0.29) is 17.9 Å². The number of benzene rings is 2. The number of anilines is 1. The fraction of sp³-hybridized carbons (Fsp3) is 0.136. The molecule has 2 aromatic heterocycles. The monoisotopic (exact) mass is 428 g/mol. The van der Waals surface area contributed by atoms with E-state index in [1.54, 1.807) is 24.3 Å². The zero-order chi connectivity index (χ0) is 22.0. The van der Waals surface area contributed by atoms with E-state index in [9.17, 15) is 17.6 Å². The van der Waals surface area contributed by atoms with Crippen molar-refractivity contribution in [2.24, 2.45) is 0 Å². The van der Waals surface area contributed by atoms with Crippen LogP contribution in [0.3, 0.4) is 0 Å². The number of hydrogen-bond acceptors (Lipinski definition) is 5. The Hall–Kier alpha value is -3.75. The van der Waals surface area contributed by atoms with Crippen LogP contribution in [-0.4, -0.2) is 22.1 Å². The van der Waals surface area contributed by atoms with Gasteiger partial charge in [0, 0.05) is 29.9 Å². The van der Waals surface area contributed by atoms with E-state index in [0.717, 1.165) is 23.4 Å². The number of ether oxygens (including phenoxy) is 1. The Bertz CT molecular complexity index is 1230. The summed E-state index contributed by atoms with van der Waals surface area (Å²) in [5.74, 6) is 0.433. The molecule has 0 saturated heterocycles. The van der Waals surface area contributed by atoms with Gasteiger partial charge in [0.2, 0.25) is 0 Å². The molecule has 2 aromatic carbocycles. The average molecular weight is 428 g/mol. The van der Waals surface area contributed by atoms with E-state index in [1.165, 1.54) is 31.8 Å². The van der Waals surface area contributed by atoms with Crippen molar-refractivity contribution in [2.75, 3.05) is 12.4 Å². The summed E-state index contributed by atoms with van der Waals surface area (Å²) < 4.78 is 58.6. The van der Waals surface area contributed by atoms with Gasteiger partial charge in [-0.25, -0.2) is 14.4 Å². The lowest BCUT2D eigenvalue weighted by Crippen LogP contribution is -2.12. The van der Waals surface area contributed by atoms with Gasteiger partial charge in [-0.3, -0.25) is 4.98 Å². The Morgan fingerprint density at radius 1 is 1.00 bits per heavy atom. The Kier molecular flexibility index (Phi) is 5.41. The third-order valence-electron chi connectivity index (χ3n) is 4.76. The Labute approximate surface area is 174 Å². The van der Waals surface area contributed by atoms with E-state index in [1.807, 2.05) is 0 Å². The molecule has 4 aromatic rings. The summed E-state index contributed by atoms with van der Waals surface area (Å²) in [6.07, 6.45) is -0.915. The van der Waals surface area contributed by atoms with Crippen molar-refractivity contribution in [3.8, 4) is 16.9 Å². The van der Waals surface area contributed by atoms with Crippen molar-refractivity contribution in [2.45, 2.75) is 12.7 Å². The van der Waals surface area contributed by atoms with Gasteiger partial charge in [-0.05, 0) is 41.5 Å². The number of pyridine rings is 1. The van der Waals surface area contributed by atoms with Crippen LogP contribution in [0.25, 0.3) is 22.0 Å². The summed E-state index contributed by atoms with van der Waals surface area (Å²) in [6, 6.07) is 10.4. The number of methoxy groups -OCH3 is 1. The Morgan fingerprint density at radius 2 is 1.77 bits per heavy atom. The highest BCUT2D eigenvalue weighted by molar-refractivity contribution is 5.96. The lowest BCUT2D eigenvalue weighted by atomic mass is 10.0. The van der Waals surface area contributed by atoms with Crippen LogP contribution < -0.4 is 10.1 Å². The molecular formula is C22H16F4N4O. The number of hydrogen-bond donors (Lipinski definition) is 1. The summed E-state index contributed by atoms with van der Waals surface area (Å²) in [6.45, 7) is -0.141. The van der Waals surface area contributed by atoms with Gasteiger partial charge in [0.05, 0.1) is 12.7 Å². The molecule has 9 heteroatoms. The molecule has 1 N–H and O–H groups in total. The lowest BCUT2D eigenvalue weighted by Gasteiger charge is -2.15. The van der Waals surface area contributed by atoms with Gasteiger partial charge in [-0.2, -0.15) is 13.2 Å². The highest BCUT2D eigenvalue weighted by Crippen LogP contribution is 2.35. The second-order valence-electron chi connectivity index (χ2n) is 6.69. The normalized spacial score (nSPS) is 11.5. The van der Waals surface area contributed by atoms with Crippen molar-refractivity contribution in [1.82, 2.24) is 15.0 Å². The molecule has 0 unspecified atom stereocenters. The predicted molar refractivity (Wildman–Crippen MR) is 108 cm³/mol. The van der Waals surface area contributed by atoms with E-state index >= 15 is 0 Å². The van der Waals surface area contributed by atoms with Crippen LogP contribution in [0.2, 0.25) is 0 Å². The van der Waals surface area contributed by atoms with Crippen molar-refractivity contribution < 1.29 is 22.3 Å². The first-order chi connectivity index (χ1) is 14.9. The van der Waals surface area contributed by atoms with Crippen LogP contribution in [-0.2, 0) is 12.7 Å². The Balaban J connectivity index is 1.75. The Morgan fingerprint density at radius 3 is 2.48 bits per heavy atom. The van der Waals surface area contributed by atoms with E-state index in [4.69, 9.17) is 4.74 Å². The van der Waals surface area contributed by atoms with Gasteiger partial charge in [0.25, 0.3) is 0 Å². The largest absolute Gasteiger partial charge is 0.494 e. The maximum atomic E-state index is 13.3. The minimum absolute atomic E-state index is 0.0107. The van der Waals surface area contributed by atoms with Gasteiger partial charge in [0.15, 0.2) is 0 Å². The minimum atomic E-state index is -4.49. The molecular weight excluding hydrogens is 412 g/mol. The van der Waals surface area contributed by atoms with Crippen LogP contribution in [0.1, 0.15) is 11.1 Å². The highest BCUT2D eigenvalue weighted by Gasteiger charge is 2.33. The standard InChI is InChI=1S/C22H16F4N4O/c1-31-19-9-14(13-2-4-16(23)5-3-13)8-17-20(19)29-12-30-21(17)28-11-15-10-27-7-6-18(15)22(24,25)26/h2-10,12H,11H2,1H3,(H,28,29,30). The van der Waals surface area contributed by atoms with Gasteiger partial charge >= 0.3 is 6.18 Å². The fourth-order valence-corrected chi connectivity index (χ4v) is 3.26. The highest BCUT2D eigenvalue weighted by atomic mass is 19.4. The van der Waals surface area contributed by atoms with Gasteiger partial charge in [0.1, 0.15) is 29.2 Å². The summed E-state index contributed by atoms with van der Waals surface area (Å²) in [7, 11) is 1.49. The predicted octanol–water partition coefficient (Wildman–Crippen LogP) is 5.47. The first-order valence-electron chi connectivity index (χ1n) is 9.19. The molecule has 31 heavy (non-hydrogen) atoms. The molecule has 158 valence electrons. The summed E-state index contributed by atoms with van der Waals surface area (Å²) >= 11 is 0. The van der Waals surface area contributed by atoms with E-state index in [0.29, 0.717) is 22.5 Å². The fourth-order valence-electron chi connectivity index (χ4n) is 3.26. The molecule has 4 rings (SSSR count). The van der Waals surface area contributed by atoms with Crippen LogP contribution >= 0.6 is 0 Å². The first-order valence-corrected chi connectivity index (χ1v) is 9.19. The number of rotatable bonds is 5. The zero-order valence-electron chi connectivity index (χ0n) is 16.2. The van der Waals surface area contributed by atoms with Crippen LogP contribution in [0.5, 0.6) is 5.75 Å². The quantitative estimate of drug-likeness (QED) is 0.427. The van der Waals surface area contributed by atoms with Crippen LogP contribution in [0.15, 0.2) is 61.2 Å². The molecule has 0 saturated carbocycles. The molecule has 0 amide bonds. The van der Waals surface area contributed by atoms with E-state index in [2.05, 4.69) is 20.3 Å². The molecule has 0 atom stereocenters. The van der Waals surface area contributed by atoms with Crippen LogP contribution in [0.4, 0.5) is 23.4 Å². The molecule has 0 radical (unpaired) electrons. The number of halogens is 4. The van der Waals surface area contributed by atoms with Crippen molar-refractivity contribution in [1.29, 1.82) is 0 Å². The number of aromatic nitrogens is 3. The molecule has 5 nitrogen and oxygen atoms in total. The third kappa shape index (κ3) is 4.25. The molecule has 0 spiro atoms. The van der Waals surface area contributed by atoms with Crippen LogP contribution in [0, 0.1) is 5.82 Å². The maximum absolute atomic E-state index is 13.3. The van der Waals surface area contributed by atoms with E-state index < -0.39 is 11.7 Å². The molecule has 0 aliphatic heterocycles. The second-order valence-corrected chi connectivity index (χ2v) is 6.69. The van der Waals surface area contributed by atoms with Gasteiger partial charge < -0.3 is 10.1 Å². The lowest BCUT2D eigenvalue weighted by molar-refractivity contribution is -0.138. The zero-order valence-corrected chi connectivity index (χ0v) is 16.2. The first kappa shape index (κ1) is 20.5. The summed E-state index contributed by atoms with van der Waals surface area (Å²) in [5.41, 5.74) is 1.18. The van der Waals surface area contributed by atoms with Crippen molar-refractivity contribution in [3.63, 3.8) is 0 Å². The minimum Gasteiger partial charge on any atom is -0.494 e. The molecule has 0 fully saturated rings. The number of alkyl halides is 3. The number of nitrogens with zero attached hydrogens (tertiary/aromatic N) is 3. The molecule has 2 heterocycles. The summed E-state index contributed by atoms with van der Waals surface area (Å²) in [5, 5.41) is 3.50. The maximum Gasteiger partial charge on any atom is 0.416 e. The molecule has 0 aliphatic carbocycles. The van der Waals surface area contributed by atoms with Crippen molar-refractivity contribution in [3.05, 3.63) is 78.1 Å².